The van der Waals surface area contributed by atoms with Gasteiger partial charge in [0.25, 0.3) is 0 Å². The molecule has 2 atom stereocenters. The third-order valence-electron chi connectivity index (χ3n) is 2.15. The lowest BCUT2D eigenvalue weighted by atomic mass is 9.95. The lowest BCUT2D eigenvalue weighted by Crippen LogP contribution is -2.39. The largest absolute Gasteiger partial charge is 0.353 e. The van der Waals surface area contributed by atoms with Crippen LogP contribution in [0.3, 0.4) is 0 Å². The summed E-state index contributed by atoms with van der Waals surface area (Å²) in [5.41, 5.74) is 0. The van der Waals surface area contributed by atoms with Crippen molar-refractivity contribution in [3.8, 4) is 0 Å². The summed E-state index contributed by atoms with van der Waals surface area (Å²) in [6.07, 6.45) is 3.58. The molecule has 0 heterocycles. The molecule has 0 aromatic carbocycles. The van der Waals surface area contributed by atoms with E-state index >= 15 is 0 Å². The standard InChI is InChI=1S/C10H19NO2/c1-4-6-10(11-8(3)13)9(5-2)7-12/h7,9-10H,4-6H2,1-3H3,(H,11,13)/t9-,10?/m1/s1. The van der Waals surface area contributed by atoms with Gasteiger partial charge in [-0.3, -0.25) is 4.79 Å². The molecule has 0 aliphatic carbocycles. The van der Waals surface area contributed by atoms with Crippen molar-refractivity contribution in [2.24, 2.45) is 5.92 Å². The highest BCUT2D eigenvalue weighted by Crippen LogP contribution is 2.11. The molecule has 0 bridgehead atoms. The minimum atomic E-state index is -0.0567. The molecular formula is C10H19NO2. The maximum absolute atomic E-state index is 10.8. The maximum Gasteiger partial charge on any atom is 0.217 e. The van der Waals surface area contributed by atoms with Crippen LogP contribution in [0, 0.1) is 5.92 Å². The Kier molecular flexibility index (Phi) is 6.20. The summed E-state index contributed by atoms with van der Waals surface area (Å²) in [7, 11) is 0. The average molecular weight is 185 g/mol. The first kappa shape index (κ1) is 12.1. The van der Waals surface area contributed by atoms with E-state index < -0.39 is 0 Å². The van der Waals surface area contributed by atoms with Gasteiger partial charge in [-0.2, -0.15) is 0 Å². The second kappa shape index (κ2) is 6.63. The van der Waals surface area contributed by atoms with Crippen LogP contribution >= 0.6 is 0 Å². The van der Waals surface area contributed by atoms with Crippen LogP contribution < -0.4 is 5.32 Å². The van der Waals surface area contributed by atoms with Gasteiger partial charge >= 0.3 is 0 Å². The molecule has 0 spiro atoms. The van der Waals surface area contributed by atoms with E-state index in [1.807, 2.05) is 13.8 Å². The van der Waals surface area contributed by atoms with Gasteiger partial charge in [-0.25, -0.2) is 0 Å². The van der Waals surface area contributed by atoms with Crippen molar-refractivity contribution in [2.45, 2.75) is 46.1 Å². The molecule has 76 valence electrons. The fourth-order valence-electron chi connectivity index (χ4n) is 1.44. The number of hydrogen-bond donors (Lipinski definition) is 1. The average Bonchev–Trinajstić information content (AvgIpc) is 2.05. The maximum atomic E-state index is 10.8. The number of rotatable bonds is 6. The Morgan fingerprint density at radius 3 is 2.38 bits per heavy atom. The van der Waals surface area contributed by atoms with E-state index in [9.17, 15) is 9.59 Å². The van der Waals surface area contributed by atoms with Crippen LogP contribution in [0.15, 0.2) is 0 Å². The lowest BCUT2D eigenvalue weighted by molar-refractivity contribution is -0.120. The van der Waals surface area contributed by atoms with E-state index in [0.29, 0.717) is 0 Å². The molecule has 13 heavy (non-hydrogen) atoms. The highest BCUT2D eigenvalue weighted by Gasteiger charge is 2.18. The molecule has 1 unspecified atom stereocenters. The Hall–Kier alpha value is -0.860. The normalized spacial score (nSPS) is 14.7. The lowest BCUT2D eigenvalue weighted by Gasteiger charge is -2.21. The summed E-state index contributed by atoms with van der Waals surface area (Å²) in [4.78, 5) is 21.5. The predicted molar refractivity (Wildman–Crippen MR) is 52.4 cm³/mol. The Labute approximate surface area is 79.9 Å². The number of amides is 1. The number of carbonyl (C=O) groups excluding carboxylic acids is 2. The molecule has 0 radical (unpaired) electrons. The number of hydrogen-bond acceptors (Lipinski definition) is 2. The van der Waals surface area contributed by atoms with Gasteiger partial charge in [0.15, 0.2) is 0 Å². The van der Waals surface area contributed by atoms with Crippen molar-refractivity contribution in [3.05, 3.63) is 0 Å². The third kappa shape index (κ3) is 4.65. The Morgan fingerprint density at radius 1 is 1.46 bits per heavy atom. The van der Waals surface area contributed by atoms with Crippen molar-refractivity contribution in [1.29, 1.82) is 0 Å². The highest BCUT2D eigenvalue weighted by molar-refractivity contribution is 5.73. The SMILES string of the molecule is CCCC(NC(C)=O)[C@@H](C=O)CC. The van der Waals surface area contributed by atoms with E-state index in [2.05, 4.69) is 5.32 Å². The van der Waals surface area contributed by atoms with Crippen LogP contribution in [-0.2, 0) is 9.59 Å². The molecule has 1 amide bonds. The molecule has 0 saturated heterocycles. The second-order valence-electron chi connectivity index (χ2n) is 3.30. The molecule has 1 N–H and O–H groups in total. The fourth-order valence-corrected chi connectivity index (χ4v) is 1.44. The zero-order valence-corrected chi connectivity index (χ0v) is 8.67. The zero-order valence-electron chi connectivity index (χ0n) is 8.67. The van der Waals surface area contributed by atoms with Gasteiger partial charge in [-0.05, 0) is 12.8 Å². The van der Waals surface area contributed by atoms with E-state index in [0.717, 1.165) is 25.5 Å². The first-order chi connectivity index (χ1) is 6.15. The summed E-state index contributed by atoms with van der Waals surface area (Å²) in [5, 5.41) is 2.81. The van der Waals surface area contributed by atoms with E-state index in [4.69, 9.17) is 0 Å². The van der Waals surface area contributed by atoms with Crippen LogP contribution in [0.4, 0.5) is 0 Å². The molecular weight excluding hydrogens is 166 g/mol. The van der Waals surface area contributed by atoms with Gasteiger partial charge < -0.3 is 10.1 Å². The Bertz CT molecular complexity index is 168. The molecule has 0 fully saturated rings. The number of nitrogens with one attached hydrogen (secondary N) is 1. The second-order valence-corrected chi connectivity index (χ2v) is 3.30. The van der Waals surface area contributed by atoms with Crippen molar-refractivity contribution >= 4 is 12.2 Å². The third-order valence-corrected chi connectivity index (χ3v) is 2.15. The van der Waals surface area contributed by atoms with Gasteiger partial charge in [-0.1, -0.05) is 20.3 Å². The first-order valence-corrected chi connectivity index (χ1v) is 4.88. The molecule has 3 nitrogen and oxygen atoms in total. The fraction of sp³-hybridized carbons (Fsp3) is 0.800. The smallest absolute Gasteiger partial charge is 0.217 e. The van der Waals surface area contributed by atoms with Crippen molar-refractivity contribution in [2.75, 3.05) is 0 Å². The van der Waals surface area contributed by atoms with Crippen LogP contribution in [0.2, 0.25) is 0 Å². The van der Waals surface area contributed by atoms with Crippen molar-refractivity contribution < 1.29 is 9.59 Å². The van der Waals surface area contributed by atoms with Gasteiger partial charge in [0.05, 0.1) is 0 Å². The number of carbonyl (C=O) groups is 2. The summed E-state index contributed by atoms with van der Waals surface area (Å²) < 4.78 is 0. The topological polar surface area (TPSA) is 46.2 Å². The summed E-state index contributed by atoms with van der Waals surface area (Å²) in [6, 6.07) is 0.0185. The molecule has 0 aliphatic heterocycles. The Balaban J connectivity index is 4.19. The van der Waals surface area contributed by atoms with Gasteiger partial charge in [0.2, 0.25) is 5.91 Å². The van der Waals surface area contributed by atoms with Crippen molar-refractivity contribution in [1.82, 2.24) is 5.32 Å². The minimum Gasteiger partial charge on any atom is -0.353 e. The molecule has 0 aliphatic rings. The van der Waals surface area contributed by atoms with Crippen LogP contribution in [0.25, 0.3) is 0 Å². The first-order valence-electron chi connectivity index (χ1n) is 4.88. The Morgan fingerprint density at radius 2 is 2.08 bits per heavy atom. The van der Waals surface area contributed by atoms with Crippen LogP contribution in [0.1, 0.15) is 40.0 Å². The molecule has 0 saturated carbocycles. The van der Waals surface area contributed by atoms with Crippen molar-refractivity contribution in [3.63, 3.8) is 0 Å². The zero-order chi connectivity index (χ0) is 10.3. The molecule has 0 aromatic rings. The monoisotopic (exact) mass is 185 g/mol. The molecule has 0 aromatic heterocycles. The quantitative estimate of drug-likeness (QED) is 0.638. The van der Waals surface area contributed by atoms with E-state index in [1.165, 1.54) is 6.92 Å². The van der Waals surface area contributed by atoms with E-state index in [-0.39, 0.29) is 17.9 Å². The summed E-state index contributed by atoms with van der Waals surface area (Å²) in [6.45, 7) is 5.50. The summed E-state index contributed by atoms with van der Waals surface area (Å²) >= 11 is 0. The predicted octanol–water partition coefficient (Wildman–Crippen LogP) is 1.52. The number of aldehydes is 1. The van der Waals surface area contributed by atoms with Gasteiger partial charge in [0, 0.05) is 18.9 Å². The van der Waals surface area contributed by atoms with Crippen LogP contribution in [-0.4, -0.2) is 18.2 Å². The molecule has 0 rings (SSSR count). The highest BCUT2D eigenvalue weighted by atomic mass is 16.1. The van der Waals surface area contributed by atoms with Crippen LogP contribution in [0.5, 0.6) is 0 Å². The van der Waals surface area contributed by atoms with Gasteiger partial charge in [0.1, 0.15) is 6.29 Å². The minimum absolute atomic E-state index is 0.0185. The van der Waals surface area contributed by atoms with E-state index in [1.54, 1.807) is 0 Å². The van der Waals surface area contributed by atoms with Gasteiger partial charge in [-0.15, -0.1) is 0 Å². The molecule has 3 heteroatoms. The summed E-state index contributed by atoms with van der Waals surface area (Å²) in [5.74, 6) is -0.0948.